The second kappa shape index (κ2) is 45.5. The Balaban J connectivity index is 0.000000133. The average molecular weight is 1970 g/mol. The molecule has 3 saturated carbocycles. The predicted molar refractivity (Wildman–Crippen MR) is 529 cm³/mol. The standard InChI is InChI=1S/C28H33ClN2O5.2C26H29ClN2O5.C26H31ClN2O5/c1-28(15-32,16-33)17-35-20-9-6-18(7-10-20)26-25-22(23-14-19(29)8-11-24(23)30-25)12-13-31(26)27(34)36-21-4-2-3-5-21;2*27-17-7-10-23-22(13-17)21-11-12-29(26(32)34-20-3-1-2-4-20)25(24(21)28-23)16-5-8-19(9-6-16)33-15-18(31)14-30;1-3-26(14-30,15-31)16-34-19-8-5-17(6-9-19)24-23-20(11-12-29(24)25(32)33-4-2)21-13-18(27)7-10-22(21)28-23/h6-11,14,21,26,30,32-33H,2-5,12-13,15-17H2,1H3;2*5-10,13,18,20,25,28,30-31H,1-4,11-12,14-15H2;5-10,13,24,28,30-31H,3-4,11-12,14-16H2,1-2H3/t26-;18-,25+;18-,25-;24-/m0100/s1. The molecule has 138 heavy (non-hydrogen) atoms. The van der Waals surface area contributed by atoms with Gasteiger partial charge in [0.2, 0.25) is 0 Å². The first-order chi connectivity index (χ1) is 66.9. The molecule has 734 valence electrons. The van der Waals surface area contributed by atoms with Gasteiger partial charge in [0, 0.05) is 118 Å². The van der Waals surface area contributed by atoms with Crippen LogP contribution in [-0.4, -0.2) is 234 Å². The van der Waals surface area contributed by atoms with Crippen LogP contribution in [0, 0.1) is 10.8 Å². The zero-order chi connectivity index (χ0) is 96.9. The Morgan fingerprint density at radius 3 is 0.891 bits per heavy atom. The van der Waals surface area contributed by atoms with Gasteiger partial charge in [-0.2, -0.15) is 0 Å². The number of aliphatic hydroxyl groups excluding tert-OH is 8. The number of aromatic amines is 4. The van der Waals surface area contributed by atoms with E-state index >= 15 is 0 Å². The second-order valence-corrected chi connectivity index (χ2v) is 39.0. The summed E-state index contributed by atoms with van der Waals surface area (Å²) in [6.45, 7) is 7.00. The maximum Gasteiger partial charge on any atom is 0.410 e. The monoisotopic (exact) mass is 1970 g/mol. The van der Waals surface area contributed by atoms with Crippen molar-refractivity contribution in [1.29, 1.82) is 0 Å². The van der Waals surface area contributed by atoms with Gasteiger partial charge in [-0.05, 0) is 282 Å². The minimum absolute atomic E-state index is 0.00599. The predicted octanol–water partition coefficient (Wildman–Crippen LogP) is 19.1. The first kappa shape index (κ1) is 100. The fourth-order valence-corrected chi connectivity index (χ4v) is 20.3. The molecule has 4 aromatic heterocycles. The van der Waals surface area contributed by atoms with E-state index in [-0.39, 0.29) is 133 Å². The third-order valence-corrected chi connectivity index (χ3v) is 28.6. The van der Waals surface area contributed by atoms with Gasteiger partial charge in [0.1, 0.15) is 90.9 Å². The van der Waals surface area contributed by atoms with Crippen LogP contribution in [0.5, 0.6) is 23.0 Å². The third-order valence-electron chi connectivity index (χ3n) is 27.7. The summed E-state index contributed by atoms with van der Waals surface area (Å²) in [5.41, 5.74) is 14.8. The topological polar surface area (TPSA) is 380 Å². The number of carbonyl (C=O) groups is 4. The fraction of sp³-hybridized carbons (Fsp3) is 0.434. The maximum atomic E-state index is 13.4. The van der Waals surface area contributed by atoms with Crippen LogP contribution < -0.4 is 18.9 Å². The summed E-state index contributed by atoms with van der Waals surface area (Å²) in [5, 5.41) is 82.5. The van der Waals surface area contributed by atoms with Crippen molar-refractivity contribution in [2.75, 3.05) is 98.9 Å². The molecule has 32 heteroatoms. The normalized spacial score (nSPS) is 18.2. The van der Waals surface area contributed by atoms with Crippen LogP contribution in [-0.2, 0) is 44.6 Å². The van der Waals surface area contributed by atoms with Gasteiger partial charge in [0.15, 0.2) is 0 Å². The number of rotatable bonds is 27. The number of benzene rings is 8. The lowest BCUT2D eigenvalue weighted by Crippen LogP contribution is -2.42. The largest absolute Gasteiger partial charge is 0.493 e. The molecule has 28 nitrogen and oxygen atoms in total. The molecule has 0 spiro atoms. The molecule has 8 aromatic carbocycles. The van der Waals surface area contributed by atoms with Gasteiger partial charge in [0.05, 0.1) is 64.9 Å². The highest BCUT2D eigenvalue weighted by Gasteiger charge is 2.43. The third kappa shape index (κ3) is 22.9. The summed E-state index contributed by atoms with van der Waals surface area (Å²) in [6, 6.07) is 52.0. The quantitative estimate of drug-likeness (QED) is 0.0213. The van der Waals surface area contributed by atoms with Crippen molar-refractivity contribution in [2.45, 2.75) is 185 Å². The van der Waals surface area contributed by atoms with E-state index in [1.807, 2.05) is 191 Å². The van der Waals surface area contributed by atoms with Gasteiger partial charge in [-0.1, -0.05) is 109 Å². The van der Waals surface area contributed by atoms with Crippen LogP contribution in [0.2, 0.25) is 20.1 Å². The molecule has 7 aliphatic rings. The van der Waals surface area contributed by atoms with Crippen molar-refractivity contribution < 1.29 is 97.9 Å². The van der Waals surface area contributed by atoms with E-state index in [9.17, 15) is 49.8 Å². The van der Waals surface area contributed by atoms with Crippen molar-refractivity contribution in [3.63, 3.8) is 0 Å². The summed E-state index contributed by atoms with van der Waals surface area (Å²) < 4.78 is 45.9. The molecule has 4 amide bonds. The van der Waals surface area contributed by atoms with Crippen molar-refractivity contribution in [3.05, 3.63) is 257 Å². The Morgan fingerprint density at radius 2 is 0.638 bits per heavy atom. The highest BCUT2D eigenvalue weighted by molar-refractivity contribution is 6.32. The van der Waals surface area contributed by atoms with Gasteiger partial charge >= 0.3 is 24.4 Å². The van der Waals surface area contributed by atoms with Crippen LogP contribution in [0.15, 0.2) is 170 Å². The van der Waals surface area contributed by atoms with E-state index in [1.165, 1.54) is 16.7 Å². The number of carbonyl (C=O) groups excluding carboxylic acids is 4. The van der Waals surface area contributed by atoms with E-state index < -0.39 is 23.0 Å². The molecule has 3 aliphatic carbocycles. The Bertz CT molecular complexity index is 5950. The average Bonchev–Trinajstić information content (AvgIpc) is 1.60. The molecule has 12 aromatic rings. The van der Waals surface area contributed by atoms with Gasteiger partial charge in [-0.15, -0.1) is 0 Å². The van der Waals surface area contributed by atoms with Crippen molar-refractivity contribution in [3.8, 4) is 23.0 Å². The van der Waals surface area contributed by atoms with Crippen LogP contribution >= 0.6 is 46.4 Å². The van der Waals surface area contributed by atoms with E-state index in [0.29, 0.717) is 108 Å². The molecule has 3 fully saturated rings. The van der Waals surface area contributed by atoms with Gasteiger partial charge in [-0.25, -0.2) is 19.2 Å². The number of ether oxygens (including phenoxy) is 8. The number of nitrogens with zero attached hydrogens (tertiary/aromatic N) is 4. The van der Waals surface area contributed by atoms with Crippen molar-refractivity contribution in [2.24, 2.45) is 10.8 Å². The highest BCUT2D eigenvalue weighted by atomic mass is 35.5. The summed E-state index contributed by atoms with van der Waals surface area (Å²) in [5.74, 6) is 2.42. The number of hydrogen-bond donors (Lipinski definition) is 12. The Morgan fingerprint density at radius 1 is 0.370 bits per heavy atom. The maximum absolute atomic E-state index is 13.4. The Kier molecular flexibility index (Phi) is 33.0. The molecule has 0 saturated heterocycles. The van der Waals surface area contributed by atoms with Crippen LogP contribution in [0.4, 0.5) is 19.2 Å². The molecular formula is C106H122Cl4N8O20. The smallest absolute Gasteiger partial charge is 0.410 e. The molecule has 12 N–H and O–H groups in total. The molecule has 6 atom stereocenters. The van der Waals surface area contributed by atoms with Gasteiger partial charge in [-0.3, -0.25) is 19.6 Å². The molecule has 0 unspecified atom stereocenters. The first-order valence-electron chi connectivity index (χ1n) is 47.9. The molecule has 19 rings (SSSR count). The summed E-state index contributed by atoms with van der Waals surface area (Å²) in [6.07, 6.45) is 12.5. The van der Waals surface area contributed by atoms with Crippen LogP contribution in [0.25, 0.3) is 43.6 Å². The Hall–Kier alpha value is -11.0. The number of H-pyrrole nitrogens is 4. The van der Waals surface area contributed by atoms with E-state index in [1.54, 1.807) is 18.7 Å². The Labute approximate surface area is 821 Å². The SMILES string of the molecule is CC(CO)(CO)COc1ccc([C@H]2c3[nH]c4ccc(Cl)cc4c3CCN2C(=O)OC2CCCC2)cc1.CCOC(=O)N1CCc2c([nH]c3ccc(Cl)cc23)[C@@H]1c1ccc(OCC(CC)(CO)CO)cc1.O=C(OC1CCCC1)N1CCc2c([nH]c3ccc(Cl)cc23)[C@@H]1c1ccc(OC[C@@H](O)CO)cc1.O=C(OC1CCCC1)N1CCc2c([nH]c3ccc(Cl)cc23)[C@@H]1c1ccc(OC[C@H](O)CO)cc1. The second-order valence-electron chi connectivity index (χ2n) is 37.2. The number of halogens is 4. The van der Waals surface area contributed by atoms with E-state index in [0.717, 1.165) is 171 Å². The highest BCUT2D eigenvalue weighted by Crippen LogP contribution is 2.47. The zero-order valence-electron chi connectivity index (χ0n) is 77.8. The number of amides is 4. The molecule has 4 aliphatic heterocycles. The number of aliphatic hydroxyl groups is 8. The number of hydrogen-bond acceptors (Lipinski definition) is 20. The minimum atomic E-state index is -0.931. The number of fused-ring (bicyclic) bond motifs is 12. The summed E-state index contributed by atoms with van der Waals surface area (Å²) in [7, 11) is 0. The van der Waals surface area contributed by atoms with E-state index in [4.69, 9.17) is 94.5 Å². The zero-order valence-corrected chi connectivity index (χ0v) is 80.8. The van der Waals surface area contributed by atoms with Crippen molar-refractivity contribution >= 4 is 114 Å². The number of nitrogens with one attached hydrogen (secondary N) is 4. The summed E-state index contributed by atoms with van der Waals surface area (Å²) >= 11 is 25.1. The molecule has 0 bridgehead atoms. The molecule has 8 heterocycles. The van der Waals surface area contributed by atoms with Crippen LogP contribution in [0.3, 0.4) is 0 Å². The molecule has 0 radical (unpaired) electrons. The number of aromatic nitrogens is 4. The van der Waals surface area contributed by atoms with Crippen molar-refractivity contribution in [1.82, 2.24) is 39.5 Å². The lowest BCUT2D eigenvalue weighted by atomic mass is 9.88. The first-order valence-corrected chi connectivity index (χ1v) is 49.4. The van der Waals surface area contributed by atoms with Gasteiger partial charge < -0.3 is 98.7 Å². The fourth-order valence-electron chi connectivity index (χ4n) is 19.6. The summed E-state index contributed by atoms with van der Waals surface area (Å²) in [4.78, 5) is 74.1. The van der Waals surface area contributed by atoms with Crippen LogP contribution in [0.1, 0.15) is 196 Å². The van der Waals surface area contributed by atoms with E-state index in [2.05, 4.69) is 19.9 Å². The lowest BCUT2D eigenvalue weighted by Gasteiger charge is -2.36. The molecular weight excluding hydrogens is 1850 g/mol. The lowest BCUT2D eigenvalue weighted by molar-refractivity contribution is 0.0114. The van der Waals surface area contributed by atoms with Gasteiger partial charge in [0.25, 0.3) is 0 Å². The minimum Gasteiger partial charge on any atom is -0.493 e.